The molecular formula is C21H25N3O. The molecule has 1 N–H and O–H groups in total. The summed E-state index contributed by atoms with van der Waals surface area (Å²) in [5.74, 6) is 0.190. The fourth-order valence-electron chi connectivity index (χ4n) is 4.03. The van der Waals surface area contributed by atoms with Gasteiger partial charge in [-0.1, -0.05) is 48.5 Å². The molecule has 0 aliphatic carbocycles. The smallest absolute Gasteiger partial charge is 0.228 e. The monoisotopic (exact) mass is 335 g/mol. The first kappa shape index (κ1) is 16.3. The van der Waals surface area contributed by atoms with Gasteiger partial charge in [0.05, 0.1) is 0 Å². The maximum atomic E-state index is 12.3. The number of nitrogens with one attached hydrogen (secondary N) is 1. The first-order chi connectivity index (χ1) is 12.2. The molecule has 4 heteroatoms. The van der Waals surface area contributed by atoms with E-state index in [-0.39, 0.29) is 11.9 Å². The van der Waals surface area contributed by atoms with E-state index in [4.69, 9.17) is 0 Å². The van der Waals surface area contributed by atoms with E-state index in [0.29, 0.717) is 12.5 Å². The van der Waals surface area contributed by atoms with Crippen LogP contribution < -0.4 is 10.2 Å². The summed E-state index contributed by atoms with van der Waals surface area (Å²) in [6.07, 6.45) is 1.68. The van der Waals surface area contributed by atoms with Crippen molar-refractivity contribution in [1.29, 1.82) is 0 Å². The van der Waals surface area contributed by atoms with E-state index in [1.165, 1.54) is 11.1 Å². The number of carbonyl (C=O) groups is 1. The van der Waals surface area contributed by atoms with Crippen molar-refractivity contribution in [2.24, 2.45) is 0 Å². The van der Waals surface area contributed by atoms with E-state index in [1.54, 1.807) is 4.90 Å². The Morgan fingerprint density at radius 1 is 1.08 bits per heavy atom. The fraction of sp³-hybridized carbons (Fsp3) is 0.381. The van der Waals surface area contributed by atoms with Gasteiger partial charge >= 0.3 is 0 Å². The number of rotatable bonds is 4. The minimum atomic E-state index is 0.126. The Bertz CT molecular complexity index is 746. The predicted octanol–water partition coefficient (Wildman–Crippen LogP) is 2.96. The van der Waals surface area contributed by atoms with Crippen LogP contribution in [0.15, 0.2) is 54.6 Å². The molecule has 25 heavy (non-hydrogen) atoms. The lowest BCUT2D eigenvalue weighted by Gasteiger charge is -2.33. The van der Waals surface area contributed by atoms with E-state index in [0.717, 1.165) is 31.7 Å². The van der Waals surface area contributed by atoms with E-state index in [2.05, 4.69) is 52.7 Å². The third-order valence-corrected chi connectivity index (χ3v) is 5.38. The second-order valence-corrected chi connectivity index (χ2v) is 7.14. The third kappa shape index (κ3) is 3.46. The van der Waals surface area contributed by atoms with Crippen LogP contribution in [0.5, 0.6) is 0 Å². The Kier molecular flexibility index (Phi) is 4.55. The zero-order valence-electron chi connectivity index (χ0n) is 14.7. The van der Waals surface area contributed by atoms with Crippen LogP contribution in [0.1, 0.15) is 30.0 Å². The summed E-state index contributed by atoms with van der Waals surface area (Å²) in [5, 5.41) is 3.75. The van der Waals surface area contributed by atoms with Crippen LogP contribution in [0, 0.1) is 0 Å². The van der Waals surface area contributed by atoms with Gasteiger partial charge in [0, 0.05) is 50.9 Å². The van der Waals surface area contributed by atoms with Gasteiger partial charge < -0.3 is 10.2 Å². The molecule has 4 nitrogen and oxygen atoms in total. The summed E-state index contributed by atoms with van der Waals surface area (Å²) in [5.41, 5.74) is 3.64. The van der Waals surface area contributed by atoms with Gasteiger partial charge in [0.25, 0.3) is 0 Å². The number of carbonyl (C=O) groups excluding carboxylic acids is 1. The lowest BCUT2D eigenvalue weighted by atomic mass is 9.95. The van der Waals surface area contributed by atoms with E-state index in [1.807, 2.05) is 19.2 Å². The quantitative estimate of drug-likeness (QED) is 0.933. The highest BCUT2D eigenvalue weighted by Gasteiger charge is 2.32. The minimum absolute atomic E-state index is 0.126. The molecule has 2 aromatic rings. The van der Waals surface area contributed by atoms with Crippen molar-refractivity contribution < 1.29 is 4.79 Å². The average molecular weight is 335 g/mol. The van der Waals surface area contributed by atoms with E-state index < -0.39 is 0 Å². The summed E-state index contributed by atoms with van der Waals surface area (Å²) >= 11 is 0. The summed E-state index contributed by atoms with van der Waals surface area (Å²) in [6, 6.07) is 19.5. The first-order valence-electron chi connectivity index (χ1n) is 9.08. The molecule has 2 heterocycles. The Labute approximate surface area is 149 Å². The fourth-order valence-corrected chi connectivity index (χ4v) is 4.03. The zero-order chi connectivity index (χ0) is 17.2. The summed E-state index contributed by atoms with van der Waals surface area (Å²) in [7, 11) is 1.87. The number of nitrogens with zero attached hydrogens (tertiary/aromatic N) is 2. The molecule has 2 aromatic carbocycles. The first-order valence-corrected chi connectivity index (χ1v) is 9.08. The van der Waals surface area contributed by atoms with Gasteiger partial charge in [-0.25, -0.2) is 0 Å². The molecule has 2 atom stereocenters. The van der Waals surface area contributed by atoms with Gasteiger partial charge in [-0.05, 0) is 23.6 Å². The predicted molar refractivity (Wildman–Crippen MR) is 100 cm³/mol. The number of hydrogen-bond acceptors (Lipinski definition) is 3. The number of fused-ring (bicyclic) bond motifs is 1. The maximum Gasteiger partial charge on any atom is 0.228 e. The molecule has 1 saturated heterocycles. The Balaban J connectivity index is 1.41. The van der Waals surface area contributed by atoms with Gasteiger partial charge in [-0.2, -0.15) is 0 Å². The Hall–Kier alpha value is -2.17. The molecule has 130 valence electrons. The molecular weight excluding hydrogens is 310 g/mol. The van der Waals surface area contributed by atoms with Crippen molar-refractivity contribution in [2.45, 2.75) is 31.5 Å². The molecule has 2 unspecified atom stereocenters. The number of anilines is 1. The molecule has 1 fully saturated rings. The second-order valence-electron chi connectivity index (χ2n) is 7.14. The van der Waals surface area contributed by atoms with Crippen molar-refractivity contribution in [1.82, 2.24) is 10.2 Å². The molecule has 0 bridgehead atoms. The summed E-state index contributed by atoms with van der Waals surface area (Å²) in [6.45, 7) is 3.15. The second kappa shape index (κ2) is 6.98. The highest BCUT2D eigenvalue weighted by Crippen LogP contribution is 2.34. The molecule has 0 spiro atoms. The Morgan fingerprint density at radius 3 is 2.68 bits per heavy atom. The standard InChI is InChI=1S/C21H25N3O/c1-23-20-10-6-5-9-18(20)19(13-21(23)25)22-17-11-12-24(15-17)14-16-7-3-2-4-8-16/h2-10,17,19,22H,11-15H2,1H3. The maximum absolute atomic E-state index is 12.3. The summed E-state index contributed by atoms with van der Waals surface area (Å²) in [4.78, 5) is 16.6. The van der Waals surface area contributed by atoms with Crippen LogP contribution in [0.3, 0.4) is 0 Å². The molecule has 0 saturated carbocycles. The summed E-state index contributed by atoms with van der Waals surface area (Å²) < 4.78 is 0. The largest absolute Gasteiger partial charge is 0.315 e. The molecule has 4 rings (SSSR count). The molecule has 1 amide bonds. The zero-order valence-corrected chi connectivity index (χ0v) is 14.7. The SMILES string of the molecule is CN1C(=O)CC(NC2CCN(Cc3ccccc3)C2)c2ccccc21. The van der Waals surface area contributed by atoms with Gasteiger partial charge in [0.2, 0.25) is 5.91 Å². The topological polar surface area (TPSA) is 35.6 Å². The highest BCUT2D eigenvalue weighted by atomic mass is 16.2. The molecule has 0 radical (unpaired) electrons. The Morgan fingerprint density at radius 2 is 1.84 bits per heavy atom. The van der Waals surface area contributed by atoms with Crippen molar-refractivity contribution in [3.8, 4) is 0 Å². The number of amides is 1. The number of hydrogen-bond donors (Lipinski definition) is 1. The normalized spacial score (nSPS) is 23.7. The van der Waals surface area contributed by atoms with Crippen molar-refractivity contribution in [2.75, 3.05) is 25.0 Å². The van der Waals surface area contributed by atoms with Crippen LogP contribution in [-0.2, 0) is 11.3 Å². The third-order valence-electron chi connectivity index (χ3n) is 5.38. The minimum Gasteiger partial charge on any atom is -0.315 e. The van der Waals surface area contributed by atoms with E-state index in [9.17, 15) is 4.79 Å². The van der Waals surface area contributed by atoms with Gasteiger partial charge in [0.1, 0.15) is 0 Å². The van der Waals surface area contributed by atoms with Crippen molar-refractivity contribution in [3.05, 3.63) is 65.7 Å². The van der Waals surface area contributed by atoms with Crippen LogP contribution in [0.25, 0.3) is 0 Å². The molecule has 0 aromatic heterocycles. The van der Waals surface area contributed by atoms with Crippen LogP contribution in [0.2, 0.25) is 0 Å². The van der Waals surface area contributed by atoms with Gasteiger partial charge in [-0.15, -0.1) is 0 Å². The van der Waals surface area contributed by atoms with Gasteiger partial charge in [0.15, 0.2) is 0 Å². The average Bonchev–Trinajstić information content (AvgIpc) is 3.07. The van der Waals surface area contributed by atoms with E-state index >= 15 is 0 Å². The van der Waals surface area contributed by atoms with Crippen molar-refractivity contribution in [3.63, 3.8) is 0 Å². The number of benzene rings is 2. The molecule has 2 aliphatic rings. The van der Waals surface area contributed by atoms with Crippen LogP contribution in [0.4, 0.5) is 5.69 Å². The molecule has 2 aliphatic heterocycles. The lowest BCUT2D eigenvalue weighted by molar-refractivity contribution is -0.119. The lowest BCUT2D eigenvalue weighted by Crippen LogP contribution is -2.42. The van der Waals surface area contributed by atoms with Gasteiger partial charge in [-0.3, -0.25) is 9.69 Å². The van der Waals surface area contributed by atoms with Crippen LogP contribution in [-0.4, -0.2) is 37.0 Å². The number of para-hydroxylation sites is 1. The van der Waals surface area contributed by atoms with Crippen molar-refractivity contribution >= 4 is 11.6 Å². The highest BCUT2D eigenvalue weighted by molar-refractivity contribution is 5.96. The number of likely N-dealkylation sites (tertiary alicyclic amines) is 1. The van der Waals surface area contributed by atoms with Crippen LogP contribution >= 0.6 is 0 Å².